The predicted molar refractivity (Wildman–Crippen MR) is 81.7 cm³/mol. The van der Waals surface area contributed by atoms with Crippen molar-refractivity contribution in [3.63, 3.8) is 0 Å². The van der Waals surface area contributed by atoms with Crippen LogP contribution in [0.5, 0.6) is 0 Å². The van der Waals surface area contributed by atoms with Crippen molar-refractivity contribution in [3.8, 4) is 0 Å². The zero-order valence-electron chi connectivity index (χ0n) is 12.0. The molecule has 5 N–H and O–H groups in total. The average molecular weight is 290 g/mol. The van der Waals surface area contributed by atoms with Gasteiger partial charge in [0.25, 0.3) is 0 Å². The van der Waals surface area contributed by atoms with Gasteiger partial charge in [-0.05, 0) is 49.5 Å². The van der Waals surface area contributed by atoms with Crippen molar-refractivity contribution in [1.82, 2.24) is 10.6 Å². The highest BCUT2D eigenvalue weighted by Crippen LogP contribution is 2.14. The van der Waals surface area contributed by atoms with E-state index in [9.17, 15) is 9.59 Å². The van der Waals surface area contributed by atoms with E-state index in [1.807, 2.05) is 12.1 Å². The molecule has 2 rings (SSSR count). The number of benzene rings is 1. The maximum atomic E-state index is 11.8. The molecule has 0 saturated carbocycles. The van der Waals surface area contributed by atoms with Gasteiger partial charge in [0.15, 0.2) is 0 Å². The largest absolute Gasteiger partial charge is 0.352 e. The number of rotatable bonds is 6. The minimum absolute atomic E-state index is 0.0845. The number of primary amides is 1. The van der Waals surface area contributed by atoms with Crippen LogP contribution in [0.3, 0.4) is 0 Å². The van der Waals surface area contributed by atoms with Crippen molar-refractivity contribution in [3.05, 3.63) is 29.8 Å². The summed E-state index contributed by atoms with van der Waals surface area (Å²) >= 11 is 0. The third-order valence-electron chi connectivity index (χ3n) is 3.65. The molecule has 0 bridgehead atoms. The summed E-state index contributed by atoms with van der Waals surface area (Å²) in [6, 6.07) is 6.64. The monoisotopic (exact) mass is 290 g/mol. The molecule has 0 spiro atoms. The number of nitrogens with two attached hydrogens (primary N) is 1. The first kappa shape index (κ1) is 15.3. The highest BCUT2D eigenvalue weighted by Gasteiger charge is 2.15. The molecule has 21 heavy (non-hydrogen) atoms. The van der Waals surface area contributed by atoms with E-state index < -0.39 is 6.03 Å². The molecule has 1 aromatic carbocycles. The van der Waals surface area contributed by atoms with Crippen LogP contribution in [-0.4, -0.2) is 25.0 Å². The minimum atomic E-state index is -0.586. The Morgan fingerprint density at radius 3 is 2.67 bits per heavy atom. The van der Waals surface area contributed by atoms with Crippen LogP contribution in [0.2, 0.25) is 0 Å². The van der Waals surface area contributed by atoms with Crippen molar-refractivity contribution >= 4 is 17.6 Å². The molecule has 6 heteroatoms. The van der Waals surface area contributed by atoms with Crippen molar-refractivity contribution in [2.45, 2.75) is 25.8 Å². The normalized spacial score (nSPS) is 17.4. The number of anilines is 1. The Labute approximate surface area is 124 Å². The fraction of sp³-hybridized carbons (Fsp3) is 0.467. The zero-order chi connectivity index (χ0) is 15.1. The summed E-state index contributed by atoms with van der Waals surface area (Å²) in [4.78, 5) is 22.5. The van der Waals surface area contributed by atoms with E-state index >= 15 is 0 Å². The van der Waals surface area contributed by atoms with Gasteiger partial charge >= 0.3 is 6.03 Å². The lowest BCUT2D eigenvalue weighted by Crippen LogP contribution is -2.23. The SMILES string of the molecule is NC(=O)Nc1ccc(CNC(=O)CCC2CCNC2)cc1. The molecule has 6 nitrogen and oxygen atoms in total. The van der Waals surface area contributed by atoms with E-state index in [1.165, 1.54) is 6.42 Å². The molecule has 1 heterocycles. The Morgan fingerprint density at radius 2 is 2.05 bits per heavy atom. The molecule has 1 saturated heterocycles. The zero-order valence-corrected chi connectivity index (χ0v) is 12.0. The van der Waals surface area contributed by atoms with E-state index in [1.54, 1.807) is 12.1 Å². The van der Waals surface area contributed by atoms with Gasteiger partial charge in [-0.3, -0.25) is 4.79 Å². The lowest BCUT2D eigenvalue weighted by atomic mass is 10.0. The summed E-state index contributed by atoms with van der Waals surface area (Å²) in [5.41, 5.74) is 6.67. The molecular formula is C15H22N4O2. The maximum absolute atomic E-state index is 11.8. The highest BCUT2D eigenvalue weighted by molar-refractivity contribution is 5.87. The summed E-state index contributed by atoms with van der Waals surface area (Å²) in [5.74, 6) is 0.719. The van der Waals surface area contributed by atoms with E-state index in [0.717, 1.165) is 25.1 Å². The van der Waals surface area contributed by atoms with E-state index in [-0.39, 0.29) is 5.91 Å². The third kappa shape index (κ3) is 5.43. The van der Waals surface area contributed by atoms with Gasteiger partial charge in [0.2, 0.25) is 5.91 Å². The van der Waals surface area contributed by atoms with Crippen LogP contribution in [-0.2, 0) is 11.3 Å². The second-order valence-electron chi connectivity index (χ2n) is 5.36. The van der Waals surface area contributed by atoms with E-state index in [0.29, 0.717) is 24.6 Å². The summed E-state index contributed by atoms with van der Waals surface area (Å²) in [6.45, 7) is 2.60. The first-order valence-corrected chi connectivity index (χ1v) is 7.26. The Hall–Kier alpha value is -2.08. The van der Waals surface area contributed by atoms with Crippen molar-refractivity contribution in [2.24, 2.45) is 11.7 Å². The number of nitrogens with one attached hydrogen (secondary N) is 3. The second kappa shape index (κ2) is 7.64. The van der Waals surface area contributed by atoms with Crippen LogP contribution in [0, 0.1) is 5.92 Å². The highest BCUT2D eigenvalue weighted by atomic mass is 16.2. The van der Waals surface area contributed by atoms with Gasteiger partial charge in [0, 0.05) is 18.7 Å². The Bertz CT molecular complexity index is 481. The van der Waals surface area contributed by atoms with Gasteiger partial charge < -0.3 is 21.7 Å². The summed E-state index contributed by atoms with van der Waals surface area (Å²) in [6.07, 6.45) is 2.69. The van der Waals surface area contributed by atoms with E-state index in [4.69, 9.17) is 5.73 Å². The van der Waals surface area contributed by atoms with Crippen LogP contribution in [0.4, 0.5) is 10.5 Å². The Kier molecular flexibility index (Phi) is 5.57. The van der Waals surface area contributed by atoms with Crippen LogP contribution < -0.4 is 21.7 Å². The van der Waals surface area contributed by atoms with Crippen molar-refractivity contribution < 1.29 is 9.59 Å². The number of amides is 3. The fourth-order valence-corrected chi connectivity index (χ4v) is 2.43. The number of hydrogen-bond donors (Lipinski definition) is 4. The molecule has 0 aliphatic carbocycles. The van der Waals surface area contributed by atoms with Gasteiger partial charge in [-0.2, -0.15) is 0 Å². The molecule has 0 aromatic heterocycles. The van der Waals surface area contributed by atoms with Gasteiger partial charge in [-0.25, -0.2) is 4.79 Å². The first-order chi connectivity index (χ1) is 10.1. The van der Waals surface area contributed by atoms with Crippen LogP contribution in [0.15, 0.2) is 24.3 Å². The molecule has 3 amide bonds. The molecule has 1 unspecified atom stereocenters. The fourth-order valence-electron chi connectivity index (χ4n) is 2.43. The first-order valence-electron chi connectivity index (χ1n) is 7.26. The lowest BCUT2D eigenvalue weighted by Gasteiger charge is -2.09. The predicted octanol–water partition coefficient (Wildman–Crippen LogP) is 1.18. The van der Waals surface area contributed by atoms with Gasteiger partial charge in [0.05, 0.1) is 0 Å². The van der Waals surface area contributed by atoms with Gasteiger partial charge in [-0.15, -0.1) is 0 Å². The second-order valence-corrected chi connectivity index (χ2v) is 5.36. The molecule has 114 valence electrons. The lowest BCUT2D eigenvalue weighted by molar-refractivity contribution is -0.121. The minimum Gasteiger partial charge on any atom is -0.352 e. The number of urea groups is 1. The molecule has 1 aliphatic heterocycles. The van der Waals surface area contributed by atoms with Crippen LogP contribution in [0.25, 0.3) is 0 Å². The van der Waals surface area contributed by atoms with E-state index in [2.05, 4.69) is 16.0 Å². The number of hydrogen-bond acceptors (Lipinski definition) is 3. The quantitative estimate of drug-likeness (QED) is 0.633. The molecule has 0 radical (unpaired) electrons. The average Bonchev–Trinajstić information content (AvgIpc) is 2.97. The number of carbonyl (C=O) groups excluding carboxylic acids is 2. The van der Waals surface area contributed by atoms with Gasteiger partial charge in [0.1, 0.15) is 0 Å². The molecule has 1 aromatic rings. The topological polar surface area (TPSA) is 96.2 Å². The Morgan fingerprint density at radius 1 is 1.29 bits per heavy atom. The smallest absolute Gasteiger partial charge is 0.316 e. The summed E-state index contributed by atoms with van der Waals surface area (Å²) in [7, 11) is 0. The summed E-state index contributed by atoms with van der Waals surface area (Å²) < 4.78 is 0. The van der Waals surface area contributed by atoms with Crippen molar-refractivity contribution in [2.75, 3.05) is 18.4 Å². The Balaban J connectivity index is 1.69. The number of carbonyl (C=O) groups is 2. The summed E-state index contributed by atoms with van der Waals surface area (Å²) in [5, 5.41) is 8.71. The standard InChI is InChI=1S/C15H22N4O2/c16-15(21)19-13-4-1-11(2-5-13)10-18-14(20)6-3-12-7-8-17-9-12/h1-2,4-5,12,17H,3,6-10H2,(H,18,20)(H3,16,19,21). The molecular weight excluding hydrogens is 268 g/mol. The maximum Gasteiger partial charge on any atom is 0.316 e. The molecule has 1 fully saturated rings. The van der Waals surface area contributed by atoms with Crippen LogP contribution in [0.1, 0.15) is 24.8 Å². The van der Waals surface area contributed by atoms with Crippen molar-refractivity contribution in [1.29, 1.82) is 0 Å². The van der Waals surface area contributed by atoms with Crippen LogP contribution >= 0.6 is 0 Å². The molecule has 1 aliphatic rings. The third-order valence-corrected chi connectivity index (χ3v) is 3.65. The van der Waals surface area contributed by atoms with Gasteiger partial charge in [-0.1, -0.05) is 12.1 Å². The molecule has 1 atom stereocenters.